The van der Waals surface area contributed by atoms with Gasteiger partial charge in [-0.1, -0.05) is 0 Å². The molecular weight excluding hydrogens is 225 g/mol. The molecule has 0 spiro atoms. The highest BCUT2D eigenvalue weighted by Gasteiger charge is 2.22. The van der Waals surface area contributed by atoms with Crippen LogP contribution < -0.4 is 0 Å². The molecule has 2 rings (SSSR count). The van der Waals surface area contributed by atoms with Crippen LogP contribution in [0.3, 0.4) is 0 Å². The molecule has 0 fully saturated rings. The molecule has 0 saturated carbocycles. The molecule has 2 aliphatic heterocycles. The van der Waals surface area contributed by atoms with Crippen LogP contribution in [0.1, 0.15) is 32.1 Å². The van der Waals surface area contributed by atoms with Crippen LogP contribution in [0, 0.1) is 0 Å². The minimum Gasteiger partial charge on any atom is -0.448 e. The standard InChI is InChI=1S/C9H16NO.BF4/c1-2-5-9-10(6-3-1)7-4-8-11-9;2-1(3,4)5/h1-8H2;/q+1;-1. The van der Waals surface area contributed by atoms with Gasteiger partial charge in [0, 0.05) is 12.8 Å². The molecular formula is C9H16BF4NO. The molecule has 0 aliphatic carbocycles. The van der Waals surface area contributed by atoms with Crippen molar-refractivity contribution in [2.45, 2.75) is 32.1 Å². The van der Waals surface area contributed by atoms with Crippen LogP contribution in [-0.2, 0) is 4.74 Å². The Morgan fingerprint density at radius 1 is 0.938 bits per heavy atom. The summed E-state index contributed by atoms with van der Waals surface area (Å²) < 4.78 is 47.0. The van der Waals surface area contributed by atoms with Crippen molar-refractivity contribution < 1.29 is 26.6 Å². The Kier molecular flexibility index (Phi) is 5.08. The summed E-state index contributed by atoms with van der Waals surface area (Å²) in [6.07, 6.45) is 6.45. The summed E-state index contributed by atoms with van der Waals surface area (Å²) in [4.78, 5) is 0. The van der Waals surface area contributed by atoms with E-state index >= 15 is 0 Å². The molecule has 0 radical (unpaired) electrons. The van der Waals surface area contributed by atoms with E-state index in [1.54, 1.807) is 0 Å². The zero-order valence-corrected chi connectivity index (χ0v) is 9.10. The summed E-state index contributed by atoms with van der Waals surface area (Å²) in [5, 5.41) is 0. The summed E-state index contributed by atoms with van der Waals surface area (Å²) in [6, 6.07) is 0. The van der Waals surface area contributed by atoms with Crippen molar-refractivity contribution in [3.05, 3.63) is 0 Å². The maximum absolute atomic E-state index is 9.75. The van der Waals surface area contributed by atoms with Gasteiger partial charge >= 0.3 is 13.2 Å². The number of hydrogen-bond acceptors (Lipinski definition) is 1. The Hall–Kier alpha value is -0.745. The van der Waals surface area contributed by atoms with Gasteiger partial charge in [-0.3, -0.25) is 0 Å². The first kappa shape index (κ1) is 13.3. The van der Waals surface area contributed by atoms with Crippen LogP contribution in [0.15, 0.2) is 0 Å². The fourth-order valence-corrected chi connectivity index (χ4v) is 1.88. The average Bonchev–Trinajstić information content (AvgIpc) is 2.39. The first-order valence-corrected chi connectivity index (χ1v) is 5.58. The van der Waals surface area contributed by atoms with E-state index in [0.29, 0.717) is 0 Å². The molecule has 94 valence electrons. The van der Waals surface area contributed by atoms with E-state index in [-0.39, 0.29) is 0 Å². The van der Waals surface area contributed by atoms with Crippen LogP contribution in [0.25, 0.3) is 0 Å². The summed E-state index contributed by atoms with van der Waals surface area (Å²) in [5.74, 6) is 1.27. The van der Waals surface area contributed by atoms with Gasteiger partial charge < -0.3 is 22.0 Å². The fourth-order valence-electron chi connectivity index (χ4n) is 1.88. The first-order valence-electron chi connectivity index (χ1n) is 5.58. The van der Waals surface area contributed by atoms with Gasteiger partial charge in [0.15, 0.2) is 0 Å². The van der Waals surface area contributed by atoms with Crippen LogP contribution in [-0.4, -0.2) is 37.4 Å². The molecule has 0 bridgehead atoms. The minimum absolute atomic E-state index is 0.950. The molecule has 7 heteroatoms. The normalized spacial score (nSPS) is 21.2. The largest absolute Gasteiger partial charge is 0.673 e. The molecule has 0 atom stereocenters. The Bertz CT molecular complexity index is 230. The smallest absolute Gasteiger partial charge is 0.448 e. The number of rotatable bonds is 0. The van der Waals surface area contributed by atoms with Gasteiger partial charge in [0.25, 0.3) is 0 Å². The Morgan fingerprint density at radius 3 is 2.25 bits per heavy atom. The molecule has 0 saturated heterocycles. The Balaban J connectivity index is 0.000000221. The topological polar surface area (TPSA) is 12.2 Å². The van der Waals surface area contributed by atoms with Crippen LogP contribution in [0.2, 0.25) is 0 Å². The number of halogens is 4. The maximum atomic E-state index is 9.75. The number of ether oxygens (including phenoxy) is 1. The second kappa shape index (κ2) is 6.10. The molecule has 2 aliphatic rings. The molecule has 2 nitrogen and oxygen atoms in total. The number of hydrogen-bond donors (Lipinski definition) is 0. The fraction of sp³-hybridized carbons (Fsp3) is 0.889. The van der Waals surface area contributed by atoms with Crippen molar-refractivity contribution in [2.24, 2.45) is 0 Å². The van der Waals surface area contributed by atoms with Crippen molar-refractivity contribution >= 4 is 13.2 Å². The second-order valence-corrected chi connectivity index (χ2v) is 3.89. The minimum atomic E-state index is -6.00. The summed E-state index contributed by atoms with van der Waals surface area (Å²) in [5.41, 5.74) is 0. The molecule has 16 heavy (non-hydrogen) atoms. The van der Waals surface area contributed by atoms with Crippen molar-refractivity contribution in [3.8, 4) is 0 Å². The van der Waals surface area contributed by atoms with Gasteiger partial charge in [0.2, 0.25) is 0 Å². The highest BCUT2D eigenvalue weighted by atomic mass is 19.5. The molecule has 2 heterocycles. The third-order valence-corrected chi connectivity index (χ3v) is 2.51. The SMILES string of the molecule is C1CCC2=[N+](CC1)CCCO2.F[B-](F)(F)F. The van der Waals surface area contributed by atoms with Gasteiger partial charge in [0.05, 0.1) is 13.0 Å². The van der Waals surface area contributed by atoms with Gasteiger partial charge in [-0.25, -0.2) is 4.58 Å². The predicted molar refractivity (Wildman–Crippen MR) is 54.2 cm³/mol. The van der Waals surface area contributed by atoms with Crippen LogP contribution in [0.4, 0.5) is 17.3 Å². The summed E-state index contributed by atoms with van der Waals surface area (Å²) in [6.45, 7) is 3.41. The van der Waals surface area contributed by atoms with Crippen LogP contribution >= 0.6 is 0 Å². The second-order valence-electron chi connectivity index (χ2n) is 3.89. The van der Waals surface area contributed by atoms with E-state index in [1.165, 1.54) is 51.1 Å². The van der Waals surface area contributed by atoms with Crippen molar-refractivity contribution in [2.75, 3.05) is 19.7 Å². The molecule has 0 aromatic heterocycles. The highest BCUT2D eigenvalue weighted by molar-refractivity contribution is 6.50. The molecule has 0 amide bonds. The third kappa shape index (κ3) is 5.97. The van der Waals surface area contributed by atoms with Crippen LogP contribution in [0.5, 0.6) is 0 Å². The monoisotopic (exact) mass is 241 g/mol. The van der Waals surface area contributed by atoms with Crippen molar-refractivity contribution in [1.29, 1.82) is 0 Å². The number of nitrogens with zero attached hydrogens (tertiary/aromatic N) is 1. The van der Waals surface area contributed by atoms with Gasteiger partial charge in [0.1, 0.15) is 13.1 Å². The van der Waals surface area contributed by atoms with E-state index in [9.17, 15) is 17.3 Å². The summed E-state index contributed by atoms with van der Waals surface area (Å²) >= 11 is 0. The maximum Gasteiger partial charge on any atom is 0.673 e. The first-order chi connectivity index (χ1) is 7.47. The van der Waals surface area contributed by atoms with Gasteiger partial charge in [-0.15, -0.1) is 0 Å². The third-order valence-electron chi connectivity index (χ3n) is 2.51. The predicted octanol–water partition coefficient (Wildman–Crippen LogP) is 2.69. The zero-order valence-electron chi connectivity index (χ0n) is 9.10. The quantitative estimate of drug-likeness (QED) is 0.360. The lowest BCUT2D eigenvalue weighted by Crippen LogP contribution is -2.30. The summed E-state index contributed by atoms with van der Waals surface area (Å²) in [7, 11) is -6.00. The van der Waals surface area contributed by atoms with Crippen molar-refractivity contribution in [3.63, 3.8) is 0 Å². The lowest BCUT2D eigenvalue weighted by Gasteiger charge is -2.13. The van der Waals surface area contributed by atoms with Crippen molar-refractivity contribution in [1.82, 2.24) is 0 Å². The van der Waals surface area contributed by atoms with Gasteiger partial charge in [-0.2, -0.15) is 0 Å². The highest BCUT2D eigenvalue weighted by Crippen LogP contribution is 2.11. The zero-order chi connectivity index (χ0) is 12.0. The van der Waals surface area contributed by atoms with Gasteiger partial charge in [-0.05, 0) is 12.8 Å². The Labute approximate surface area is 92.4 Å². The average molecular weight is 241 g/mol. The molecule has 0 N–H and O–H groups in total. The van der Waals surface area contributed by atoms with E-state index in [4.69, 9.17) is 4.74 Å². The van der Waals surface area contributed by atoms with E-state index in [0.717, 1.165) is 6.61 Å². The van der Waals surface area contributed by atoms with E-state index in [1.807, 2.05) is 0 Å². The molecule has 0 aromatic rings. The lowest BCUT2D eigenvalue weighted by atomic mass is 10.2. The molecule has 0 unspecified atom stereocenters. The lowest BCUT2D eigenvalue weighted by molar-refractivity contribution is -0.544. The Morgan fingerprint density at radius 2 is 1.56 bits per heavy atom. The van der Waals surface area contributed by atoms with E-state index < -0.39 is 7.25 Å². The molecule has 0 aromatic carbocycles. The van der Waals surface area contributed by atoms with E-state index in [2.05, 4.69) is 4.58 Å².